The highest BCUT2D eigenvalue weighted by atomic mass is 16.5. The topological polar surface area (TPSA) is 15.7 Å². The van der Waals surface area contributed by atoms with Gasteiger partial charge >= 0.3 is 0 Å². The number of para-hydroxylation sites is 2. The van der Waals surface area contributed by atoms with Gasteiger partial charge in [-0.2, -0.15) is 0 Å². The number of fused-ring (bicyclic) bond motifs is 4. The van der Waals surface area contributed by atoms with Crippen LogP contribution in [0, 0.1) is 6.92 Å². The maximum atomic E-state index is 6.53. The first kappa shape index (κ1) is 32.8. The predicted molar refractivity (Wildman–Crippen MR) is 229 cm³/mol. The van der Waals surface area contributed by atoms with Crippen LogP contribution >= 0.6 is 0 Å². The molecule has 264 valence electrons. The first-order valence-corrected chi connectivity index (χ1v) is 19.0. The summed E-state index contributed by atoms with van der Waals surface area (Å²) >= 11 is 0. The lowest BCUT2D eigenvalue weighted by Gasteiger charge is -2.45. The highest BCUT2D eigenvalue weighted by Gasteiger charge is 2.42. The second-order valence-electron chi connectivity index (χ2n) is 15.1. The van der Waals surface area contributed by atoms with Crippen molar-refractivity contribution in [2.75, 3.05) is 9.80 Å². The van der Waals surface area contributed by atoms with Crippen molar-refractivity contribution < 1.29 is 4.74 Å². The third-order valence-electron chi connectivity index (χ3n) is 11.4. The van der Waals surface area contributed by atoms with E-state index in [2.05, 4.69) is 219 Å². The van der Waals surface area contributed by atoms with Crippen LogP contribution in [-0.4, -0.2) is 0 Å². The van der Waals surface area contributed by atoms with Crippen LogP contribution in [0.1, 0.15) is 30.5 Å². The fourth-order valence-electron chi connectivity index (χ4n) is 8.51. The fourth-order valence-corrected chi connectivity index (χ4v) is 8.51. The van der Waals surface area contributed by atoms with Gasteiger partial charge in [0.15, 0.2) is 11.5 Å². The maximum Gasteiger partial charge on any atom is 0.151 e. The molecule has 10 rings (SSSR count). The molecule has 0 spiro atoms. The molecule has 2 aliphatic heterocycles. The molecule has 0 atom stereocenters. The Hall–Kier alpha value is -6.84. The lowest BCUT2D eigenvalue weighted by molar-refractivity contribution is 0.471. The van der Waals surface area contributed by atoms with Gasteiger partial charge in [-0.1, -0.05) is 141 Å². The lowest BCUT2D eigenvalue weighted by atomic mass is 9.72. The van der Waals surface area contributed by atoms with Crippen LogP contribution in [0.25, 0.3) is 33.4 Å². The molecule has 0 radical (unpaired) electrons. The molecule has 0 saturated carbocycles. The SMILES string of the molecule is Cc1cccc2c1N1c3ccc(-c4cccc(N(c5ccc(-c6ccccc6)cc5)c5ccc(-c6ccccc6)cc5)c4)cc3C(C)(C)c3cccc(c31)O2. The van der Waals surface area contributed by atoms with E-state index in [4.69, 9.17) is 4.74 Å². The molecule has 8 aromatic rings. The number of hydrogen-bond acceptors (Lipinski definition) is 3. The number of rotatable bonds is 6. The Labute approximate surface area is 323 Å². The summed E-state index contributed by atoms with van der Waals surface area (Å²) in [6, 6.07) is 67.7. The molecule has 0 aliphatic carbocycles. The molecular formula is C52H40N2O. The van der Waals surface area contributed by atoms with Crippen LogP contribution in [0.3, 0.4) is 0 Å². The van der Waals surface area contributed by atoms with E-state index < -0.39 is 0 Å². The number of aryl methyl sites for hydroxylation is 1. The van der Waals surface area contributed by atoms with E-state index in [0.717, 1.165) is 39.9 Å². The monoisotopic (exact) mass is 708 g/mol. The van der Waals surface area contributed by atoms with Gasteiger partial charge in [-0.25, -0.2) is 0 Å². The molecule has 0 amide bonds. The summed E-state index contributed by atoms with van der Waals surface area (Å²) in [7, 11) is 0. The van der Waals surface area contributed by atoms with Gasteiger partial charge in [-0.05, 0) is 118 Å². The van der Waals surface area contributed by atoms with Crippen molar-refractivity contribution in [1.29, 1.82) is 0 Å². The Balaban J connectivity index is 1.08. The van der Waals surface area contributed by atoms with Crippen LogP contribution in [0.15, 0.2) is 188 Å². The summed E-state index contributed by atoms with van der Waals surface area (Å²) in [5, 5.41) is 0. The minimum absolute atomic E-state index is 0.249. The molecule has 3 heteroatoms. The Morgan fingerprint density at radius 1 is 0.418 bits per heavy atom. The third kappa shape index (κ3) is 5.51. The molecule has 0 unspecified atom stereocenters. The Morgan fingerprint density at radius 2 is 0.927 bits per heavy atom. The van der Waals surface area contributed by atoms with E-state index in [1.807, 2.05) is 0 Å². The average Bonchev–Trinajstić information content (AvgIpc) is 3.24. The first-order valence-electron chi connectivity index (χ1n) is 19.0. The molecule has 0 N–H and O–H groups in total. The van der Waals surface area contributed by atoms with Gasteiger partial charge in [0, 0.05) is 22.5 Å². The smallest absolute Gasteiger partial charge is 0.151 e. The summed E-state index contributed by atoms with van der Waals surface area (Å²) in [4.78, 5) is 4.79. The molecule has 2 aliphatic rings. The zero-order valence-corrected chi connectivity index (χ0v) is 31.2. The summed E-state index contributed by atoms with van der Waals surface area (Å²) < 4.78 is 6.53. The minimum Gasteiger partial charge on any atom is -0.453 e. The van der Waals surface area contributed by atoms with Crippen molar-refractivity contribution >= 4 is 34.1 Å². The van der Waals surface area contributed by atoms with Gasteiger partial charge in [-0.15, -0.1) is 0 Å². The normalized spacial score (nSPS) is 13.3. The molecule has 55 heavy (non-hydrogen) atoms. The van der Waals surface area contributed by atoms with Gasteiger partial charge in [0.05, 0.1) is 17.1 Å². The highest BCUT2D eigenvalue weighted by molar-refractivity contribution is 5.95. The first-order chi connectivity index (χ1) is 26.9. The molecule has 3 nitrogen and oxygen atoms in total. The van der Waals surface area contributed by atoms with Gasteiger partial charge < -0.3 is 14.5 Å². The number of benzene rings is 8. The number of hydrogen-bond donors (Lipinski definition) is 0. The zero-order chi connectivity index (χ0) is 37.1. The second kappa shape index (κ2) is 12.9. The van der Waals surface area contributed by atoms with Crippen molar-refractivity contribution in [2.24, 2.45) is 0 Å². The van der Waals surface area contributed by atoms with Crippen LogP contribution < -0.4 is 14.5 Å². The average molecular weight is 709 g/mol. The zero-order valence-electron chi connectivity index (χ0n) is 31.2. The van der Waals surface area contributed by atoms with Crippen molar-refractivity contribution in [2.45, 2.75) is 26.2 Å². The third-order valence-corrected chi connectivity index (χ3v) is 11.4. The number of anilines is 6. The largest absolute Gasteiger partial charge is 0.453 e. The van der Waals surface area contributed by atoms with E-state index in [-0.39, 0.29) is 5.41 Å². The van der Waals surface area contributed by atoms with E-state index in [0.29, 0.717) is 0 Å². The van der Waals surface area contributed by atoms with Crippen molar-refractivity contribution in [3.63, 3.8) is 0 Å². The molecular weight excluding hydrogens is 669 g/mol. The molecule has 2 heterocycles. The maximum absolute atomic E-state index is 6.53. The van der Waals surface area contributed by atoms with Crippen molar-refractivity contribution in [1.82, 2.24) is 0 Å². The summed E-state index contributed by atoms with van der Waals surface area (Å²) in [6.07, 6.45) is 0. The number of ether oxygens (including phenoxy) is 1. The molecule has 0 bridgehead atoms. The van der Waals surface area contributed by atoms with Gasteiger partial charge in [0.25, 0.3) is 0 Å². The van der Waals surface area contributed by atoms with Crippen molar-refractivity contribution in [3.05, 3.63) is 205 Å². The fraction of sp³-hybridized carbons (Fsp3) is 0.0769. The molecule has 0 fully saturated rings. The highest BCUT2D eigenvalue weighted by Crippen LogP contribution is 2.60. The molecule has 0 saturated heterocycles. The van der Waals surface area contributed by atoms with Crippen LogP contribution in [0.5, 0.6) is 11.5 Å². The van der Waals surface area contributed by atoms with Gasteiger partial charge in [0.2, 0.25) is 0 Å². The standard InChI is InChI=1S/C52H40N2O/c1-35-13-10-21-48-50(35)54-47-32-27-41(34-46(47)52(2,3)45-20-12-22-49(55-48)51(45)54)40-18-11-19-44(33-40)53(42-28-23-38(24-29-42)36-14-6-4-7-15-36)43-30-25-39(26-31-43)37-16-8-5-9-17-37/h4-34H,1-3H3. The quantitative estimate of drug-likeness (QED) is 0.171. The minimum atomic E-state index is -0.249. The van der Waals surface area contributed by atoms with E-state index >= 15 is 0 Å². The molecule has 8 aromatic carbocycles. The van der Waals surface area contributed by atoms with Crippen LogP contribution in [0.4, 0.5) is 34.1 Å². The summed E-state index contributed by atoms with van der Waals surface area (Å²) in [5.74, 6) is 1.79. The van der Waals surface area contributed by atoms with Crippen molar-refractivity contribution in [3.8, 4) is 44.9 Å². The summed E-state index contributed by atoms with van der Waals surface area (Å²) in [6.45, 7) is 6.85. The van der Waals surface area contributed by atoms with Gasteiger partial charge in [-0.3, -0.25) is 0 Å². The Kier molecular flexibility index (Phi) is 7.71. The summed E-state index contributed by atoms with van der Waals surface area (Å²) in [5.41, 5.74) is 17.4. The van der Waals surface area contributed by atoms with Crippen LogP contribution in [-0.2, 0) is 5.41 Å². The second-order valence-corrected chi connectivity index (χ2v) is 15.1. The van der Waals surface area contributed by atoms with E-state index in [1.165, 1.54) is 55.8 Å². The number of nitrogens with zero attached hydrogens (tertiary/aromatic N) is 2. The van der Waals surface area contributed by atoms with E-state index in [1.54, 1.807) is 0 Å². The predicted octanol–water partition coefficient (Wildman–Crippen LogP) is 14.7. The lowest BCUT2D eigenvalue weighted by Crippen LogP contribution is -2.32. The van der Waals surface area contributed by atoms with Crippen LogP contribution in [0.2, 0.25) is 0 Å². The Bertz CT molecular complexity index is 2620. The molecule has 0 aromatic heterocycles. The van der Waals surface area contributed by atoms with Gasteiger partial charge in [0.1, 0.15) is 0 Å². The Morgan fingerprint density at radius 3 is 1.56 bits per heavy atom. The van der Waals surface area contributed by atoms with E-state index in [9.17, 15) is 0 Å².